The lowest BCUT2D eigenvalue weighted by Gasteiger charge is -2.71. The van der Waals surface area contributed by atoms with E-state index in [1.807, 2.05) is 0 Å². The molecule has 0 aromatic carbocycles. The summed E-state index contributed by atoms with van der Waals surface area (Å²) in [6.07, 6.45) is 8.11. The van der Waals surface area contributed by atoms with Crippen LogP contribution < -0.4 is 5.73 Å². The maximum atomic E-state index is 13.5. The summed E-state index contributed by atoms with van der Waals surface area (Å²) < 4.78 is 17.3. The fraction of sp³-hybridized carbons (Fsp3) is 0.868. The summed E-state index contributed by atoms with van der Waals surface area (Å²) in [4.78, 5) is 13.5. The quantitative estimate of drug-likeness (QED) is 0.253. The Kier molecular flexibility index (Phi) is 9.34. The van der Waals surface area contributed by atoms with Gasteiger partial charge in [-0.1, -0.05) is 74.0 Å². The van der Waals surface area contributed by atoms with E-state index in [4.69, 9.17) is 15.2 Å². The number of fused-ring (bicyclic) bond motifs is 3. The minimum absolute atomic E-state index is 0.0501. The van der Waals surface area contributed by atoms with Gasteiger partial charge in [-0.05, 0) is 123 Å². The van der Waals surface area contributed by atoms with Gasteiger partial charge in [-0.15, -0.1) is 10.2 Å². The molecule has 12 atom stereocenters. The maximum absolute atomic E-state index is 13.5. The minimum Gasteiger partial charge on any atom is -0.481 e. The van der Waals surface area contributed by atoms with Crippen LogP contribution >= 0.6 is 31.9 Å². The Morgan fingerprint density at radius 3 is 2.31 bits per heavy atom. The van der Waals surface area contributed by atoms with Crippen LogP contribution in [0.1, 0.15) is 114 Å². The Balaban J connectivity index is 1.47. The molecule has 10 heteroatoms. The molecule has 5 aliphatic rings. The molecule has 0 spiro atoms. The van der Waals surface area contributed by atoms with Gasteiger partial charge in [0.1, 0.15) is 0 Å². The van der Waals surface area contributed by atoms with Gasteiger partial charge in [0.05, 0.1) is 37.9 Å². The maximum Gasteiger partial charge on any atom is 0.307 e. The molecule has 2 heterocycles. The first-order valence-electron chi connectivity index (χ1n) is 18.4. The number of aromatic nitrogens is 3. The van der Waals surface area contributed by atoms with Crippen molar-refractivity contribution in [1.29, 1.82) is 0 Å². The fourth-order valence-corrected chi connectivity index (χ4v) is 13.4. The van der Waals surface area contributed by atoms with Crippen molar-refractivity contribution in [3.8, 4) is 0 Å². The predicted octanol–water partition coefficient (Wildman–Crippen LogP) is 8.69. The van der Waals surface area contributed by atoms with Crippen LogP contribution in [0.15, 0.2) is 21.1 Å². The summed E-state index contributed by atoms with van der Waals surface area (Å²) in [6.45, 7) is 24.4. The van der Waals surface area contributed by atoms with Gasteiger partial charge < -0.3 is 20.3 Å². The van der Waals surface area contributed by atoms with E-state index in [1.165, 1.54) is 5.57 Å². The third-order valence-electron chi connectivity index (χ3n) is 15.9. The molecule has 48 heavy (non-hydrogen) atoms. The molecule has 0 amide bonds. The van der Waals surface area contributed by atoms with Crippen LogP contribution in [0.4, 0.5) is 0 Å². The SMILES string of the molecule is CC(C)[C@@H](C)[C@@]1(C)CC[C@]2(C)[C@H]3CC[C@H]4C5(C)COC[C@@]4(C[C@@H](n4c(Br)nnc4Br)[C@@H]5OC[C@](C)(N)C(C)C)C3=CC[C@@]2(C)[C@@H]1C(=O)O. The normalized spacial score (nSPS) is 44.3. The van der Waals surface area contributed by atoms with Crippen LogP contribution in [-0.2, 0) is 14.3 Å². The molecule has 2 bridgehead atoms. The number of rotatable bonds is 8. The third kappa shape index (κ3) is 5.05. The van der Waals surface area contributed by atoms with Crippen LogP contribution in [0, 0.1) is 62.6 Å². The molecule has 8 nitrogen and oxygen atoms in total. The third-order valence-corrected chi connectivity index (χ3v) is 17.0. The highest BCUT2D eigenvalue weighted by molar-refractivity contribution is 9.11. The Morgan fingerprint density at radius 1 is 1.08 bits per heavy atom. The van der Waals surface area contributed by atoms with Crippen molar-refractivity contribution in [2.75, 3.05) is 19.8 Å². The molecule has 1 saturated heterocycles. The smallest absolute Gasteiger partial charge is 0.307 e. The molecule has 3 saturated carbocycles. The van der Waals surface area contributed by atoms with Crippen molar-refractivity contribution < 1.29 is 19.4 Å². The summed E-state index contributed by atoms with van der Waals surface area (Å²) in [7, 11) is 0. The number of halogens is 2. The molecule has 3 N–H and O–H groups in total. The fourth-order valence-electron chi connectivity index (χ4n) is 12.1. The van der Waals surface area contributed by atoms with Gasteiger partial charge in [0.25, 0.3) is 0 Å². The van der Waals surface area contributed by atoms with Crippen LogP contribution in [0.2, 0.25) is 0 Å². The zero-order valence-corrected chi connectivity index (χ0v) is 34.1. The molecule has 4 aliphatic carbocycles. The lowest BCUT2D eigenvalue weighted by molar-refractivity contribution is -0.252. The van der Waals surface area contributed by atoms with E-state index in [9.17, 15) is 9.90 Å². The van der Waals surface area contributed by atoms with Gasteiger partial charge >= 0.3 is 5.97 Å². The van der Waals surface area contributed by atoms with Crippen LogP contribution in [0.5, 0.6) is 0 Å². The second-order valence-corrected chi connectivity index (χ2v) is 20.0. The second kappa shape index (κ2) is 12.1. The average Bonchev–Trinajstić information content (AvgIpc) is 3.33. The Bertz CT molecular complexity index is 1440. The highest BCUT2D eigenvalue weighted by Crippen LogP contribution is 2.75. The molecular weight excluding hydrogens is 736 g/mol. The van der Waals surface area contributed by atoms with E-state index in [1.54, 1.807) is 0 Å². The van der Waals surface area contributed by atoms with Gasteiger partial charge in [0.15, 0.2) is 0 Å². The zero-order valence-electron chi connectivity index (χ0n) is 30.9. The van der Waals surface area contributed by atoms with Gasteiger partial charge in [0, 0.05) is 16.4 Å². The molecule has 0 radical (unpaired) electrons. The number of carbonyl (C=O) groups is 1. The topological polar surface area (TPSA) is 112 Å². The summed E-state index contributed by atoms with van der Waals surface area (Å²) in [6, 6.07) is -0.0501. The summed E-state index contributed by atoms with van der Waals surface area (Å²) in [5.74, 6) is 0.648. The molecule has 270 valence electrons. The first kappa shape index (κ1) is 37.0. The standard InChI is InChI=1S/C38H60Br2N4O4/c1-21(2)23(5)33(6)15-16-35(8)24-11-12-27-34(7)18-47-20-38(27,25(24)13-14-36(35,9)28(33)30(45)46)17-26(44-31(39)42-43-32(44)40)29(34)48-19-37(10,41)22(3)4/h13,21-24,26-29H,11-12,14-20,41H2,1-10H3,(H,45,46)/t23-,24+,26-,27+,28-,29+,33-,34?,35-,36+,37+,38+/m1/s1. The van der Waals surface area contributed by atoms with E-state index in [0.29, 0.717) is 53.0 Å². The Morgan fingerprint density at radius 2 is 1.73 bits per heavy atom. The molecular formula is C38H60Br2N4O4. The van der Waals surface area contributed by atoms with Crippen molar-refractivity contribution in [2.45, 2.75) is 125 Å². The number of nitrogens with two attached hydrogens (primary N) is 1. The van der Waals surface area contributed by atoms with E-state index in [0.717, 1.165) is 38.5 Å². The van der Waals surface area contributed by atoms with E-state index in [-0.39, 0.29) is 45.1 Å². The number of carboxylic acid groups (broad SMARTS) is 1. The first-order valence-corrected chi connectivity index (χ1v) is 20.0. The average molecular weight is 797 g/mol. The molecule has 6 rings (SSSR count). The molecule has 4 fully saturated rings. The molecule has 1 aromatic rings. The molecule has 1 aromatic heterocycles. The first-order chi connectivity index (χ1) is 22.2. The van der Waals surface area contributed by atoms with Crippen molar-refractivity contribution in [1.82, 2.24) is 14.8 Å². The van der Waals surface area contributed by atoms with Crippen LogP contribution in [0.25, 0.3) is 0 Å². The van der Waals surface area contributed by atoms with E-state index < -0.39 is 17.4 Å². The van der Waals surface area contributed by atoms with Crippen molar-refractivity contribution in [3.05, 3.63) is 21.1 Å². The highest BCUT2D eigenvalue weighted by atomic mass is 79.9. The number of hydrogen-bond donors (Lipinski definition) is 2. The monoisotopic (exact) mass is 794 g/mol. The Hall–Kier alpha value is -0.810. The van der Waals surface area contributed by atoms with E-state index >= 15 is 0 Å². The van der Waals surface area contributed by atoms with Crippen LogP contribution in [-0.4, -0.2) is 57.3 Å². The van der Waals surface area contributed by atoms with Crippen molar-refractivity contribution >= 4 is 37.8 Å². The second-order valence-electron chi connectivity index (χ2n) is 18.6. The van der Waals surface area contributed by atoms with Gasteiger partial charge in [-0.2, -0.15) is 0 Å². The van der Waals surface area contributed by atoms with Gasteiger partial charge in [0.2, 0.25) is 9.47 Å². The summed E-state index contributed by atoms with van der Waals surface area (Å²) in [5, 5.41) is 19.9. The lowest BCUT2D eigenvalue weighted by Crippen LogP contribution is -2.69. The minimum atomic E-state index is -0.621. The lowest BCUT2D eigenvalue weighted by atomic mass is 9.34. The Labute approximate surface area is 305 Å². The van der Waals surface area contributed by atoms with Gasteiger partial charge in [-0.25, -0.2) is 0 Å². The predicted molar refractivity (Wildman–Crippen MR) is 195 cm³/mol. The zero-order chi connectivity index (χ0) is 35.4. The molecule has 1 aliphatic heterocycles. The van der Waals surface area contributed by atoms with Crippen LogP contribution in [0.3, 0.4) is 0 Å². The number of carboxylic acids is 1. The summed E-state index contributed by atoms with van der Waals surface area (Å²) in [5.41, 5.74) is 6.64. The number of ether oxygens (including phenoxy) is 2. The largest absolute Gasteiger partial charge is 0.481 e. The number of hydrogen-bond acceptors (Lipinski definition) is 6. The van der Waals surface area contributed by atoms with Gasteiger partial charge in [-0.3, -0.25) is 9.36 Å². The number of aliphatic carboxylic acids is 1. The number of allylic oxidation sites excluding steroid dienone is 1. The highest BCUT2D eigenvalue weighted by Gasteiger charge is 2.72. The van der Waals surface area contributed by atoms with E-state index in [2.05, 4.69) is 122 Å². The van der Waals surface area contributed by atoms with Crippen molar-refractivity contribution in [2.24, 2.45) is 68.3 Å². The summed E-state index contributed by atoms with van der Waals surface area (Å²) >= 11 is 7.47. The number of nitrogens with zero attached hydrogens (tertiary/aromatic N) is 3. The van der Waals surface area contributed by atoms with Crippen molar-refractivity contribution in [3.63, 3.8) is 0 Å². The molecule has 1 unspecified atom stereocenters.